The van der Waals surface area contributed by atoms with Crippen LogP contribution in [0.1, 0.15) is 5.56 Å². The predicted molar refractivity (Wildman–Crippen MR) is 74.6 cm³/mol. The Hall–Kier alpha value is -0.930. The standard InChI is InChI=1S/C13H12BrNS/c14-11-6-2-4-8-13(11)16-9-10-5-1-3-7-12(10)15/h1-8H,9,15H2. The van der Waals surface area contributed by atoms with Gasteiger partial charge in [0.2, 0.25) is 0 Å². The van der Waals surface area contributed by atoms with Gasteiger partial charge in [-0.15, -0.1) is 11.8 Å². The van der Waals surface area contributed by atoms with Crippen molar-refractivity contribution in [2.24, 2.45) is 0 Å². The van der Waals surface area contributed by atoms with Gasteiger partial charge in [0.05, 0.1) is 0 Å². The maximum absolute atomic E-state index is 5.90. The average Bonchev–Trinajstić information content (AvgIpc) is 2.30. The van der Waals surface area contributed by atoms with Gasteiger partial charge in [0.25, 0.3) is 0 Å². The van der Waals surface area contributed by atoms with E-state index in [-0.39, 0.29) is 0 Å². The fourth-order valence-corrected chi connectivity index (χ4v) is 2.97. The number of thioether (sulfide) groups is 1. The van der Waals surface area contributed by atoms with E-state index in [0.29, 0.717) is 0 Å². The molecule has 16 heavy (non-hydrogen) atoms. The Kier molecular flexibility index (Phi) is 3.91. The van der Waals surface area contributed by atoms with Crippen LogP contribution in [-0.2, 0) is 5.75 Å². The first kappa shape index (κ1) is 11.6. The molecule has 0 aromatic heterocycles. The van der Waals surface area contributed by atoms with Crippen LogP contribution in [0.25, 0.3) is 0 Å². The first-order valence-electron chi connectivity index (χ1n) is 4.98. The lowest BCUT2D eigenvalue weighted by Gasteiger charge is -2.06. The lowest BCUT2D eigenvalue weighted by molar-refractivity contribution is 1.36. The zero-order valence-corrected chi connectivity index (χ0v) is 11.1. The van der Waals surface area contributed by atoms with E-state index in [1.165, 1.54) is 10.5 Å². The molecule has 0 fully saturated rings. The van der Waals surface area contributed by atoms with Crippen LogP contribution in [0.5, 0.6) is 0 Å². The fraction of sp³-hybridized carbons (Fsp3) is 0.0769. The highest BCUT2D eigenvalue weighted by atomic mass is 79.9. The third-order valence-corrected chi connectivity index (χ3v) is 4.35. The van der Waals surface area contributed by atoms with Crippen LogP contribution in [0.15, 0.2) is 57.9 Å². The summed E-state index contributed by atoms with van der Waals surface area (Å²) in [7, 11) is 0. The van der Waals surface area contributed by atoms with Crippen molar-refractivity contribution < 1.29 is 0 Å². The maximum atomic E-state index is 5.90. The van der Waals surface area contributed by atoms with Crippen LogP contribution >= 0.6 is 27.7 Å². The van der Waals surface area contributed by atoms with Crippen molar-refractivity contribution in [2.75, 3.05) is 5.73 Å². The maximum Gasteiger partial charge on any atom is 0.0355 e. The van der Waals surface area contributed by atoms with Gasteiger partial charge >= 0.3 is 0 Å². The van der Waals surface area contributed by atoms with E-state index in [1.54, 1.807) is 11.8 Å². The van der Waals surface area contributed by atoms with Gasteiger partial charge in [-0.2, -0.15) is 0 Å². The second kappa shape index (κ2) is 5.41. The molecule has 0 saturated carbocycles. The Morgan fingerprint density at radius 2 is 1.69 bits per heavy atom. The molecule has 0 atom stereocenters. The largest absolute Gasteiger partial charge is 0.398 e. The molecule has 0 aliphatic rings. The van der Waals surface area contributed by atoms with Crippen LogP contribution in [0.4, 0.5) is 5.69 Å². The molecule has 0 amide bonds. The first-order chi connectivity index (χ1) is 7.77. The van der Waals surface area contributed by atoms with Crippen molar-refractivity contribution in [1.29, 1.82) is 0 Å². The smallest absolute Gasteiger partial charge is 0.0355 e. The Morgan fingerprint density at radius 3 is 2.44 bits per heavy atom. The summed E-state index contributed by atoms with van der Waals surface area (Å²) in [6, 6.07) is 16.2. The normalized spacial score (nSPS) is 10.3. The molecule has 0 heterocycles. The summed E-state index contributed by atoms with van der Waals surface area (Å²) in [6.45, 7) is 0. The van der Waals surface area contributed by atoms with Crippen molar-refractivity contribution in [3.05, 3.63) is 58.6 Å². The van der Waals surface area contributed by atoms with Gasteiger partial charge in [-0.05, 0) is 39.7 Å². The highest BCUT2D eigenvalue weighted by Gasteiger charge is 2.02. The van der Waals surface area contributed by atoms with Crippen LogP contribution in [-0.4, -0.2) is 0 Å². The number of para-hydroxylation sites is 1. The number of anilines is 1. The molecule has 82 valence electrons. The first-order valence-corrected chi connectivity index (χ1v) is 6.76. The topological polar surface area (TPSA) is 26.0 Å². The van der Waals surface area contributed by atoms with Crippen molar-refractivity contribution in [1.82, 2.24) is 0 Å². The number of nitrogens with two attached hydrogens (primary N) is 1. The highest BCUT2D eigenvalue weighted by Crippen LogP contribution is 2.30. The number of benzene rings is 2. The van der Waals surface area contributed by atoms with E-state index in [1.807, 2.05) is 30.3 Å². The average molecular weight is 294 g/mol. The van der Waals surface area contributed by atoms with Crippen molar-refractivity contribution in [3.63, 3.8) is 0 Å². The van der Waals surface area contributed by atoms with Crippen molar-refractivity contribution in [2.45, 2.75) is 10.6 Å². The van der Waals surface area contributed by atoms with E-state index in [2.05, 4.69) is 34.1 Å². The van der Waals surface area contributed by atoms with E-state index >= 15 is 0 Å². The molecule has 0 aliphatic carbocycles. The summed E-state index contributed by atoms with van der Waals surface area (Å²) in [5, 5.41) is 0. The molecule has 2 aromatic rings. The summed E-state index contributed by atoms with van der Waals surface area (Å²) in [4.78, 5) is 1.24. The summed E-state index contributed by atoms with van der Waals surface area (Å²) >= 11 is 5.32. The number of rotatable bonds is 3. The number of hydrogen-bond donors (Lipinski definition) is 1. The SMILES string of the molecule is Nc1ccccc1CSc1ccccc1Br. The molecule has 0 bridgehead atoms. The van der Waals surface area contributed by atoms with E-state index < -0.39 is 0 Å². The minimum Gasteiger partial charge on any atom is -0.398 e. The molecule has 0 unspecified atom stereocenters. The molecule has 0 radical (unpaired) electrons. The second-order valence-electron chi connectivity index (χ2n) is 3.42. The van der Waals surface area contributed by atoms with E-state index in [0.717, 1.165) is 15.9 Å². The molecule has 0 aliphatic heterocycles. The summed E-state index contributed by atoms with van der Waals surface area (Å²) in [6.07, 6.45) is 0. The van der Waals surface area contributed by atoms with Crippen molar-refractivity contribution >= 4 is 33.4 Å². The zero-order valence-electron chi connectivity index (χ0n) is 8.69. The molecule has 2 N–H and O–H groups in total. The highest BCUT2D eigenvalue weighted by molar-refractivity contribution is 9.10. The molecule has 0 spiro atoms. The molecular formula is C13H12BrNS. The molecule has 2 aromatic carbocycles. The van der Waals surface area contributed by atoms with E-state index in [9.17, 15) is 0 Å². The van der Waals surface area contributed by atoms with Crippen LogP contribution < -0.4 is 5.73 Å². The van der Waals surface area contributed by atoms with E-state index in [4.69, 9.17) is 5.73 Å². The number of halogens is 1. The van der Waals surface area contributed by atoms with Gasteiger partial charge in [0.1, 0.15) is 0 Å². The Balaban J connectivity index is 2.09. The third-order valence-electron chi connectivity index (χ3n) is 2.27. The Labute approximate surface area is 108 Å². The van der Waals surface area contributed by atoms with Crippen LogP contribution in [0, 0.1) is 0 Å². The van der Waals surface area contributed by atoms with Gasteiger partial charge < -0.3 is 5.73 Å². The number of nitrogen functional groups attached to an aromatic ring is 1. The fourth-order valence-electron chi connectivity index (χ4n) is 1.38. The van der Waals surface area contributed by atoms with Crippen LogP contribution in [0.3, 0.4) is 0 Å². The molecule has 1 nitrogen and oxygen atoms in total. The van der Waals surface area contributed by atoms with Gasteiger partial charge in [-0.25, -0.2) is 0 Å². The van der Waals surface area contributed by atoms with Crippen LogP contribution in [0.2, 0.25) is 0 Å². The minimum absolute atomic E-state index is 0.863. The third kappa shape index (κ3) is 2.80. The summed E-state index contributed by atoms with van der Waals surface area (Å²) in [5.41, 5.74) is 7.94. The Morgan fingerprint density at radius 1 is 1.00 bits per heavy atom. The Bertz CT molecular complexity index is 439. The molecule has 3 heteroatoms. The molecule has 2 rings (SSSR count). The lowest BCUT2D eigenvalue weighted by Crippen LogP contribution is -1.91. The van der Waals surface area contributed by atoms with Gasteiger partial charge in [-0.3, -0.25) is 0 Å². The second-order valence-corrected chi connectivity index (χ2v) is 5.29. The van der Waals surface area contributed by atoms with Gasteiger partial charge in [-0.1, -0.05) is 30.3 Å². The predicted octanol–water partition coefficient (Wildman–Crippen LogP) is 4.32. The summed E-state index contributed by atoms with van der Waals surface area (Å²) in [5.74, 6) is 0.898. The minimum atomic E-state index is 0.863. The van der Waals surface area contributed by atoms with Gasteiger partial charge in [0, 0.05) is 20.8 Å². The zero-order chi connectivity index (χ0) is 11.4. The molecular weight excluding hydrogens is 282 g/mol. The monoisotopic (exact) mass is 293 g/mol. The quantitative estimate of drug-likeness (QED) is 0.674. The lowest BCUT2D eigenvalue weighted by atomic mass is 10.2. The van der Waals surface area contributed by atoms with Crippen molar-refractivity contribution in [3.8, 4) is 0 Å². The summed E-state index contributed by atoms with van der Waals surface area (Å²) < 4.78 is 1.13. The van der Waals surface area contributed by atoms with Gasteiger partial charge in [0.15, 0.2) is 0 Å². The number of hydrogen-bond acceptors (Lipinski definition) is 2. The molecule has 0 saturated heterocycles.